The van der Waals surface area contributed by atoms with Crippen LogP contribution in [0.3, 0.4) is 0 Å². The van der Waals surface area contributed by atoms with Crippen LogP contribution in [0.4, 0.5) is 5.13 Å². The number of nitrogens with zero attached hydrogens (tertiary/aromatic N) is 2. The van der Waals surface area contributed by atoms with E-state index >= 15 is 0 Å². The van der Waals surface area contributed by atoms with E-state index in [1.54, 1.807) is 18.2 Å². The van der Waals surface area contributed by atoms with E-state index in [1.807, 2.05) is 64.1 Å². The number of aryl methyl sites for hydroxylation is 3. The molecular weight excluding hydrogens is 508 g/mol. The fourth-order valence-electron chi connectivity index (χ4n) is 4.54. The van der Waals surface area contributed by atoms with Crippen molar-refractivity contribution in [2.45, 2.75) is 33.7 Å². The van der Waals surface area contributed by atoms with Crippen LogP contribution in [0.25, 0.3) is 16.0 Å². The molecule has 37 heavy (non-hydrogen) atoms. The molecule has 1 fully saturated rings. The summed E-state index contributed by atoms with van der Waals surface area (Å²) in [5, 5.41) is 12.1. The SMILES string of the molecule is CCOc1ccc(Cl)c(/C(O)=C2\C(=O)C(=O)N(c3nc4cc(C)c(C)cc4s3)C2c2cccc(C)c2)c1. The van der Waals surface area contributed by atoms with E-state index < -0.39 is 17.7 Å². The van der Waals surface area contributed by atoms with Crippen LogP contribution in [0.2, 0.25) is 5.02 Å². The van der Waals surface area contributed by atoms with Crippen molar-refractivity contribution in [1.29, 1.82) is 0 Å². The number of hydrogen-bond acceptors (Lipinski definition) is 6. The highest BCUT2D eigenvalue weighted by molar-refractivity contribution is 7.22. The van der Waals surface area contributed by atoms with E-state index in [0.29, 0.717) is 23.1 Å². The van der Waals surface area contributed by atoms with Crippen LogP contribution in [-0.4, -0.2) is 28.4 Å². The lowest BCUT2D eigenvalue weighted by Gasteiger charge is -2.23. The van der Waals surface area contributed by atoms with Crippen molar-refractivity contribution in [3.63, 3.8) is 0 Å². The largest absolute Gasteiger partial charge is 0.507 e. The maximum Gasteiger partial charge on any atom is 0.301 e. The van der Waals surface area contributed by atoms with Gasteiger partial charge in [0.25, 0.3) is 5.78 Å². The van der Waals surface area contributed by atoms with Crippen molar-refractivity contribution in [2.75, 3.05) is 11.5 Å². The molecule has 1 saturated heterocycles. The third-order valence-corrected chi connectivity index (χ3v) is 7.85. The van der Waals surface area contributed by atoms with E-state index in [2.05, 4.69) is 0 Å². The number of thiazole rings is 1. The van der Waals surface area contributed by atoms with Gasteiger partial charge < -0.3 is 9.84 Å². The van der Waals surface area contributed by atoms with Crippen molar-refractivity contribution in [3.05, 3.63) is 93.0 Å². The molecule has 0 aliphatic carbocycles. The Morgan fingerprint density at radius 3 is 2.57 bits per heavy atom. The number of amides is 1. The fraction of sp³-hybridized carbons (Fsp3) is 0.207. The predicted molar refractivity (Wildman–Crippen MR) is 148 cm³/mol. The molecule has 6 nitrogen and oxygen atoms in total. The fourth-order valence-corrected chi connectivity index (χ4v) is 5.82. The number of aliphatic hydroxyl groups is 1. The Bertz CT molecular complexity index is 1570. The van der Waals surface area contributed by atoms with Crippen molar-refractivity contribution in [3.8, 4) is 5.75 Å². The summed E-state index contributed by atoms with van der Waals surface area (Å²) in [6.45, 7) is 8.23. The Morgan fingerprint density at radius 2 is 1.84 bits per heavy atom. The van der Waals surface area contributed by atoms with Gasteiger partial charge in [-0.1, -0.05) is 52.8 Å². The number of aliphatic hydroxyl groups excluding tert-OH is 1. The number of rotatable bonds is 5. The third kappa shape index (κ3) is 4.38. The number of aromatic nitrogens is 1. The lowest BCUT2D eigenvalue weighted by atomic mass is 9.94. The molecule has 2 heterocycles. The molecule has 0 spiro atoms. The summed E-state index contributed by atoms with van der Waals surface area (Å²) in [4.78, 5) is 33.1. The molecule has 1 aromatic heterocycles. The number of hydrogen-bond donors (Lipinski definition) is 1. The second-order valence-electron chi connectivity index (χ2n) is 9.06. The number of halogens is 1. The van der Waals surface area contributed by atoms with Gasteiger partial charge in [0.1, 0.15) is 11.5 Å². The first-order chi connectivity index (χ1) is 17.7. The van der Waals surface area contributed by atoms with Crippen LogP contribution in [0.5, 0.6) is 5.75 Å². The molecular formula is C29H25ClN2O4S. The summed E-state index contributed by atoms with van der Waals surface area (Å²) in [7, 11) is 0. The molecule has 3 aromatic carbocycles. The Morgan fingerprint density at radius 1 is 1.08 bits per heavy atom. The van der Waals surface area contributed by atoms with Crippen LogP contribution in [0.1, 0.15) is 40.8 Å². The highest BCUT2D eigenvalue weighted by atomic mass is 35.5. The summed E-state index contributed by atoms with van der Waals surface area (Å²) in [5.74, 6) is -1.41. The van der Waals surface area contributed by atoms with Gasteiger partial charge in [-0.2, -0.15) is 0 Å². The van der Waals surface area contributed by atoms with E-state index in [9.17, 15) is 14.7 Å². The summed E-state index contributed by atoms with van der Waals surface area (Å²) in [5.41, 5.74) is 4.77. The summed E-state index contributed by atoms with van der Waals surface area (Å²) in [6.07, 6.45) is 0. The third-order valence-electron chi connectivity index (χ3n) is 6.50. The van der Waals surface area contributed by atoms with E-state index in [0.717, 1.165) is 26.9 Å². The van der Waals surface area contributed by atoms with E-state index in [4.69, 9.17) is 21.3 Å². The second-order valence-corrected chi connectivity index (χ2v) is 10.5. The molecule has 1 unspecified atom stereocenters. The van der Waals surface area contributed by atoms with Crippen LogP contribution in [0, 0.1) is 20.8 Å². The average Bonchev–Trinajstić information content (AvgIpc) is 3.37. The smallest absolute Gasteiger partial charge is 0.301 e. The molecule has 5 rings (SSSR count). The number of carbonyl (C=O) groups excluding carboxylic acids is 2. The first-order valence-corrected chi connectivity index (χ1v) is 13.1. The number of fused-ring (bicyclic) bond motifs is 1. The van der Waals surface area contributed by atoms with Crippen LogP contribution >= 0.6 is 22.9 Å². The van der Waals surface area contributed by atoms with Gasteiger partial charge in [0.05, 0.1) is 33.5 Å². The van der Waals surface area contributed by atoms with Crippen LogP contribution in [0.15, 0.2) is 60.2 Å². The second kappa shape index (κ2) is 9.65. The number of ketones is 1. The van der Waals surface area contributed by atoms with Gasteiger partial charge in [-0.05, 0) is 74.7 Å². The summed E-state index contributed by atoms with van der Waals surface area (Å²) in [6, 6.07) is 15.5. The zero-order valence-electron chi connectivity index (χ0n) is 20.8. The number of carbonyl (C=O) groups is 2. The van der Waals surface area contributed by atoms with Gasteiger partial charge in [-0.3, -0.25) is 14.5 Å². The molecule has 0 saturated carbocycles. The minimum atomic E-state index is -0.880. The van der Waals surface area contributed by atoms with Crippen LogP contribution < -0.4 is 9.64 Å². The summed E-state index contributed by atoms with van der Waals surface area (Å²) < 4.78 is 6.48. The monoisotopic (exact) mass is 532 g/mol. The summed E-state index contributed by atoms with van der Waals surface area (Å²) >= 11 is 7.78. The van der Waals surface area contributed by atoms with Crippen LogP contribution in [-0.2, 0) is 9.59 Å². The zero-order chi connectivity index (χ0) is 26.4. The van der Waals surface area contributed by atoms with Crippen molar-refractivity contribution in [1.82, 2.24) is 4.98 Å². The molecule has 1 amide bonds. The number of ether oxygens (including phenoxy) is 1. The average molecular weight is 533 g/mol. The Labute approximate surface area is 223 Å². The van der Waals surface area contributed by atoms with Gasteiger partial charge in [-0.25, -0.2) is 4.98 Å². The molecule has 1 aliphatic rings. The van der Waals surface area contributed by atoms with Crippen molar-refractivity contribution < 1.29 is 19.4 Å². The molecule has 4 aromatic rings. The normalized spacial score (nSPS) is 17.1. The molecule has 188 valence electrons. The highest BCUT2D eigenvalue weighted by Gasteiger charge is 2.48. The number of Topliss-reactive ketones (excluding diaryl/α,β-unsaturated/α-hetero) is 1. The maximum atomic E-state index is 13.5. The first kappa shape index (κ1) is 25.0. The minimum Gasteiger partial charge on any atom is -0.507 e. The number of benzene rings is 3. The molecule has 1 atom stereocenters. The van der Waals surface area contributed by atoms with Gasteiger partial charge in [-0.15, -0.1) is 0 Å². The Balaban J connectivity index is 1.74. The van der Waals surface area contributed by atoms with Gasteiger partial charge in [0.2, 0.25) is 0 Å². The molecule has 1 N–H and O–H groups in total. The number of anilines is 1. The van der Waals surface area contributed by atoms with E-state index in [-0.39, 0.29) is 21.9 Å². The molecule has 1 aliphatic heterocycles. The Kier molecular flexibility index (Phi) is 6.52. The lowest BCUT2D eigenvalue weighted by molar-refractivity contribution is -0.132. The topological polar surface area (TPSA) is 79.7 Å². The van der Waals surface area contributed by atoms with Gasteiger partial charge in [0.15, 0.2) is 5.13 Å². The highest BCUT2D eigenvalue weighted by Crippen LogP contribution is 2.45. The van der Waals surface area contributed by atoms with Crippen molar-refractivity contribution >= 4 is 55.7 Å². The van der Waals surface area contributed by atoms with Gasteiger partial charge in [0, 0.05) is 5.56 Å². The zero-order valence-corrected chi connectivity index (χ0v) is 22.4. The quantitative estimate of drug-likeness (QED) is 0.172. The van der Waals surface area contributed by atoms with E-state index in [1.165, 1.54) is 16.2 Å². The molecule has 0 bridgehead atoms. The standard InChI is InChI=1S/C29H25ClN2O4S/c1-5-36-19-9-10-21(30)20(14-19)26(33)24-25(18-8-6-7-15(2)11-18)32(28(35)27(24)34)29-31-22-12-16(3)17(4)13-23(22)37-29/h6-14,25,33H,5H2,1-4H3/b26-24+. The Hall–Kier alpha value is -3.68. The first-order valence-electron chi connectivity index (χ1n) is 11.9. The lowest BCUT2D eigenvalue weighted by Crippen LogP contribution is -2.29. The minimum absolute atomic E-state index is 0.0437. The molecule has 8 heteroatoms. The maximum absolute atomic E-state index is 13.5. The van der Waals surface area contributed by atoms with Crippen molar-refractivity contribution in [2.24, 2.45) is 0 Å². The molecule has 0 radical (unpaired) electrons. The predicted octanol–water partition coefficient (Wildman–Crippen LogP) is 6.90. The van der Waals surface area contributed by atoms with Gasteiger partial charge >= 0.3 is 5.91 Å².